The van der Waals surface area contributed by atoms with E-state index in [1.807, 2.05) is 18.2 Å². The number of hydrogen-bond donors (Lipinski definition) is 1. The van der Waals surface area contributed by atoms with Gasteiger partial charge in [-0.2, -0.15) is 5.10 Å². The van der Waals surface area contributed by atoms with Gasteiger partial charge in [-0.3, -0.25) is 25.7 Å². The Morgan fingerprint density at radius 2 is 1.81 bits per heavy atom. The maximum atomic E-state index is 11.4. The molecule has 0 heterocycles. The summed E-state index contributed by atoms with van der Waals surface area (Å²) in [5.74, 6) is 0. The second-order valence-electron chi connectivity index (χ2n) is 7.52. The minimum atomic E-state index is -0.650. The maximum absolute atomic E-state index is 11.4. The Hall–Kier alpha value is -3.55. The minimum absolute atomic E-state index is 0.140. The van der Waals surface area contributed by atoms with E-state index in [-0.39, 0.29) is 17.1 Å². The molecular weight excluding hydrogens is 396 g/mol. The molecule has 162 valence electrons. The van der Waals surface area contributed by atoms with Gasteiger partial charge in [-0.15, -0.1) is 0 Å². The number of rotatable bonds is 9. The van der Waals surface area contributed by atoms with E-state index in [1.54, 1.807) is 0 Å². The average molecular weight is 422 g/mol. The van der Waals surface area contributed by atoms with Crippen LogP contribution in [0.1, 0.15) is 57.4 Å². The molecule has 2 aromatic rings. The SMILES string of the molecule is CCCCC/C(=C1/CCC/C1=N\Nc1ccc([N+](=O)[O-])cc1[N+](=O)[O-])c1ccccc1. The molecule has 0 spiro atoms. The van der Waals surface area contributed by atoms with Crippen LogP contribution in [-0.4, -0.2) is 15.6 Å². The number of nitrogens with zero attached hydrogens (tertiary/aromatic N) is 3. The van der Waals surface area contributed by atoms with Gasteiger partial charge in [0, 0.05) is 6.07 Å². The first kappa shape index (κ1) is 22.1. The molecule has 1 aliphatic rings. The normalized spacial score (nSPS) is 16.4. The second kappa shape index (κ2) is 10.5. The molecule has 0 aliphatic heterocycles. The van der Waals surface area contributed by atoms with Crippen molar-refractivity contribution in [3.8, 4) is 0 Å². The van der Waals surface area contributed by atoms with Crippen molar-refractivity contribution in [2.45, 2.75) is 51.9 Å². The van der Waals surface area contributed by atoms with Gasteiger partial charge in [0.1, 0.15) is 5.69 Å². The smallest absolute Gasteiger partial charge is 0.271 e. The Bertz CT molecular complexity index is 1020. The third-order valence-corrected chi connectivity index (χ3v) is 5.41. The van der Waals surface area contributed by atoms with Crippen LogP contribution in [0.5, 0.6) is 0 Å². The molecule has 0 radical (unpaired) electrons. The number of non-ortho nitro benzene ring substituents is 1. The lowest BCUT2D eigenvalue weighted by Gasteiger charge is -2.13. The monoisotopic (exact) mass is 422 g/mol. The van der Waals surface area contributed by atoms with Crippen molar-refractivity contribution in [3.63, 3.8) is 0 Å². The molecule has 1 saturated carbocycles. The molecule has 8 heteroatoms. The average Bonchev–Trinajstić information content (AvgIpc) is 3.24. The minimum Gasteiger partial charge on any atom is -0.271 e. The summed E-state index contributed by atoms with van der Waals surface area (Å²) in [6.45, 7) is 2.18. The highest BCUT2D eigenvalue weighted by Gasteiger charge is 2.22. The van der Waals surface area contributed by atoms with Gasteiger partial charge in [0.2, 0.25) is 0 Å². The summed E-state index contributed by atoms with van der Waals surface area (Å²) in [4.78, 5) is 21.0. The molecular formula is C23H26N4O4. The summed E-state index contributed by atoms with van der Waals surface area (Å²) in [6, 6.07) is 13.8. The lowest BCUT2D eigenvalue weighted by Crippen LogP contribution is -2.04. The Kier molecular flexibility index (Phi) is 7.48. The van der Waals surface area contributed by atoms with Gasteiger partial charge in [-0.25, -0.2) is 0 Å². The molecule has 0 saturated heterocycles. The highest BCUT2D eigenvalue weighted by Crippen LogP contribution is 2.34. The summed E-state index contributed by atoms with van der Waals surface area (Å²) in [7, 11) is 0. The Balaban J connectivity index is 1.94. The topological polar surface area (TPSA) is 111 Å². The molecule has 0 atom stereocenters. The number of nitro groups is 2. The number of benzene rings is 2. The molecule has 31 heavy (non-hydrogen) atoms. The molecule has 3 rings (SSSR count). The van der Waals surface area contributed by atoms with E-state index >= 15 is 0 Å². The largest absolute Gasteiger partial charge is 0.301 e. The van der Waals surface area contributed by atoms with E-state index in [0.717, 1.165) is 56.7 Å². The van der Waals surface area contributed by atoms with Gasteiger partial charge in [0.05, 0.1) is 21.6 Å². The van der Waals surface area contributed by atoms with Gasteiger partial charge in [0.15, 0.2) is 0 Å². The Labute approximate surface area is 181 Å². The summed E-state index contributed by atoms with van der Waals surface area (Å²) in [6.07, 6.45) is 7.03. The summed E-state index contributed by atoms with van der Waals surface area (Å²) in [5, 5.41) is 26.8. The van der Waals surface area contributed by atoms with Crippen molar-refractivity contribution < 1.29 is 9.85 Å². The van der Waals surface area contributed by atoms with Crippen LogP contribution in [0.4, 0.5) is 17.1 Å². The quantitative estimate of drug-likeness (QED) is 0.282. The van der Waals surface area contributed by atoms with Crippen LogP contribution >= 0.6 is 0 Å². The number of allylic oxidation sites excluding steroid dienone is 2. The van der Waals surface area contributed by atoms with E-state index in [2.05, 4.69) is 29.6 Å². The number of hydrazone groups is 1. The van der Waals surface area contributed by atoms with E-state index in [4.69, 9.17) is 0 Å². The third-order valence-electron chi connectivity index (χ3n) is 5.41. The zero-order valence-corrected chi connectivity index (χ0v) is 17.5. The fourth-order valence-corrected chi connectivity index (χ4v) is 3.84. The number of nitro benzene ring substituents is 2. The summed E-state index contributed by atoms with van der Waals surface area (Å²) < 4.78 is 0. The van der Waals surface area contributed by atoms with Crippen LogP contribution < -0.4 is 5.43 Å². The summed E-state index contributed by atoms with van der Waals surface area (Å²) in [5.41, 5.74) is 6.80. The lowest BCUT2D eigenvalue weighted by atomic mass is 9.93. The van der Waals surface area contributed by atoms with Crippen molar-refractivity contribution in [2.24, 2.45) is 5.10 Å². The predicted molar refractivity (Wildman–Crippen MR) is 122 cm³/mol. The van der Waals surface area contributed by atoms with Crippen LogP contribution in [0.2, 0.25) is 0 Å². The Morgan fingerprint density at radius 1 is 1.03 bits per heavy atom. The van der Waals surface area contributed by atoms with Crippen molar-refractivity contribution in [2.75, 3.05) is 5.43 Å². The third kappa shape index (κ3) is 5.53. The zero-order valence-electron chi connectivity index (χ0n) is 17.5. The molecule has 8 nitrogen and oxygen atoms in total. The van der Waals surface area contributed by atoms with Gasteiger partial charge in [-0.1, -0.05) is 50.1 Å². The van der Waals surface area contributed by atoms with E-state index in [0.29, 0.717) is 0 Å². The molecule has 1 N–H and O–H groups in total. The number of anilines is 1. The number of nitrogens with one attached hydrogen (secondary N) is 1. The predicted octanol–water partition coefficient (Wildman–Crippen LogP) is 6.49. The zero-order chi connectivity index (χ0) is 22.2. The number of unbranched alkanes of at least 4 members (excludes halogenated alkanes) is 2. The van der Waals surface area contributed by atoms with E-state index < -0.39 is 9.85 Å². The van der Waals surface area contributed by atoms with Crippen molar-refractivity contribution in [1.29, 1.82) is 0 Å². The standard InChI is InChI=1S/C23H26N4O4/c1-2-3-5-11-19(17-9-6-4-7-10-17)20-12-8-13-21(20)24-25-22-15-14-18(26(28)29)16-23(22)27(30)31/h4,6-7,9-10,14-16,25H,2-3,5,8,11-13H2,1H3/b20-19+,24-21+. The molecule has 2 aromatic carbocycles. The lowest BCUT2D eigenvalue weighted by molar-refractivity contribution is -0.393. The first-order valence-corrected chi connectivity index (χ1v) is 10.5. The van der Waals surface area contributed by atoms with Crippen LogP contribution in [0.15, 0.2) is 59.2 Å². The van der Waals surface area contributed by atoms with Crippen molar-refractivity contribution >= 4 is 28.3 Å². The molecule has 1 aliphatic carbocycles. The first-order valence-electron chi connectivity index (χ1n) is 10.5. The first-order chi connectivity index (χ1) is 15.0. The maximum Gasteiger partial charge on any atom is 0.301 e. The fraction of sp³-hybridized carbons (Fsp3) is 0.348. The highest BCUT2D eigenvalue weighted by molar-refractivity contribution is 6.08. The van der Waals surface area contributed by atoms with Gasteiger partial charge < -0.3 is 0 Å². The molecule has 0 aromatic heterocycles. The van der Waals surface area contributed by atoms with E-state index in [1.165, 1.54) is 28.8 Å². The molecule has 0 bridgehead atoms. The van der Waals surface area contributed by atoms with E-state index in [9.17, 15) is 20.2 Å². The van der Waals surface area contributed by atoms with Crippen LogP contribution in [0.3, 0.4) is 0 Å². The van der Waals surface area contributed by atoms with Gasteiger partial charge in [0.25, 0.3) is 5.69 Å². The fourth-order valence-electron chi connectivity index (χ4n) is 3.84. The summed E-state index contributed by atoms with van der Waals surface area (Å²) >= 11 is 0. The molecule has 0 unspecified atom stereocenters. The van der Waals surface area contributed by atoms with Gasteiger partial charge in [-0.05, 0) is 54.9 Å². The molecule has 1 fully saturated rings. The highest BCUT2D eigenvalue weighted by atomic mass is 16.6. The van der Waals surface area contributed by atoms with Crippen molar-refractivity contribution in [1.82, 2.24) is 0 Å². The number of hydrogen-bond acceptors (Lipinski definition) is 6. The van der Waals surface area contributed by atoms with Gasteiger partial charge >= 0.3 is 5.69 Å². The molecule has 0 amide bonds. The second-order valence-corrected chi connectivity index (χ2v) is 7.52. The van der Waals surface area contributed by atoms with Crippen LogP contribution in [0, 0.1) is 20.2 Å². The van der Waals surface area contributed by atoms with Crippen molar-refractivity contribution in [3.05, 3.63) is 79.9 Å². The van der Waals surface area contributed by atoms with Crippen LogP contribution in [0.25, 0.3) is 5.57 Å². The van der Waals surface area contributed by atoms with Crippen LogP contribution in [-0.2, 0) is 0 Å². The Morgan fingerprint density at radius 3 is 2.48 bits per heavy atom.